The highest BCUT2D eigenvalue weighted by Gasteiger charge is 2.38. The lowest BCUT2D eigenvalue weighted by Crippen LogP contribution is -2.43. The molecule has 1 N–H and O–H groups in total. The van der Waals surface area contributed by atoms with Gasteiger partial charge in [0.2, 0.25) is 5.91 Å². The Labute approximate surface area is 177 Å². The molecule has 3 rings (SSSR count). The molecule has 2 atom stereocenters. The molecule has 1 amide bonds. The third-order valence-electron chi connectivity index (χ3n) is 5.69. The molecule has 8 nitrogen and oxygen atoms in total. The second-order valence-electron chi connectivity index (χ2n) is 7.63. The molecule has 0 unspecified atom stereocenters. The summed E-state index contributed by atoms with van der Waals surface area (Å²) in [5, 5.41) is 7.60. The zero-order valence-corrected chi connectivity index (χ0v) is 18.1. The van der Waals surface area contributed by atoms with Crippen molar-refractivity contribution in [2.24, 2.45) is 0 Å². The number of rotatable bonds is 8. The van der Waals surface area contributed by atoms with Gasteiger partial charge in [-0.25, -0.2) is 0 Å². The van der Waals surface area contributed by atoms with Crippen LogP contribution >= 0.6 is 0 Å². The van der Waals surface area contributed by atoms with E-state index in [0.29, 0.717) is 26.1 Å². The summed E-state index contributed by atoms with van der Waals surface area (Å²) in [6, 6.07) is 9.69. The van der Waals surface area contributed by atoms with E-state index < -0.39 is 6.04 Å². The number of hydrogen-bond acceptors (Lipinski definition) is 6. The molecule has 30 heavy (non-hydrogen) atoms. The van der Waals surface area contributed by atoms with Crippen LogP contribution in [-0.2, 0) is 32.2 Å². The number of amides is 1. The Balaban J connectivity index is 1.60. The van der Waals surface area contributed by atoms with E-state index in [1.54, 1.807) is 7.11 Å². The first-order valence-electron chi connectivity index (χ1n) is 10.1. The van der Waals surface area contributed by atoms with Gasteiger partial charge in [-0.2, -0.15) is 5.10 Å². The van der Waals surface area contributed by atoms with Crippen LogP contribution in [0.2, 0.25) is 0 Å². The summed E-state index contributed by atoms with van der Waals surface area (Å²) >= 11 is 0. The van der Waals surface area contributed by atoms with Crippen molar-refractivity contribution in [1.29, 1.82) is 0 Å². The van der Waals surface area contributed by atoms with Gasteiger partial charge in [0.25, 0.3) is 0 Å². The van der Waals surface area contributed by atoms with Crippen LogP contribution < -0.4 is 5.32 Å². The smallest absolute Gasteiger partial charge is 0.323 e. The number of nitrogens with one attached hydrogen (secondary N) is 1. The number of likely N-dealkylation sites (tertiary alicyclic amines) is 1. The zero-order valence-electron chi connectivity index (χ0n) is 18.1. The molecule has 2 aromatic rings. The van der Waals surface area contributed by atoms with Crippen molar-refractivity contribution in [3.63, 3.8) is 0 Å². The van der Waals surface area contributed by atoms with E-state index in [1.807, 2.05) is 41.6 Å². The third kappa shape index (κ3) is 5.06. The van der Waals surface area contributed by atoms with Crippen LogP contribution in [0.25, 0.3) is 0 Å². The number of ether oxygens (including phenoxy) is 2. The number of carbonyl (C=O) groups excluding carboxylic acids is 2. The van der Waals surface area contributed by atoms with Gasteiger partial charge in [0, 0.05) is 37.9 Å². The van der Waals surface area contributed by atoms with Crippen molar-refractivity contribution < 1.29 is 19.1 Å². The van der Waals surface area contributed by atoms with E-state index in [9.17, 15) is 9.59 Å². The Hall–Kier alpha value is -2.71. The molecule has 0 radical (unpaired) electrons. The quantitative estimate of drug-likeness (QED) is 0.658. The molecule has 1 aliphatic rings. The van der Waals surface area contributed by atoms with E-state index in [-0.39, 0.29) is 24.5 Å². The molecule has 1 aliphatic heterocycles. The average molecular weight is 415 g/mol. The van der Waals surface area contributed by atoms with Crippen LogP contribution in [0.1, 0.15) is 28.9 Å². The monoisotopic (exact) mass is 414 g/mol. The molecule has 0 saturated carbocycles. The predicted molar refractivity (Wildman–Crippen MR) is 112 cm³/mol. The molecule has 2 heterocycles. The highest BCUT2D eigenvalue weighted by Crippen LogP contribution is 2.21. The van der Waals surface area contributed by atoms with Crippen LogP contribution in [-0.4, -0.2) is 66.0 Å². The van der Waals surface area contributed by atoms with Crippen LogP contribution in [0.15, 0.2) is 30.3 Å². The Bertz CT molecular complexity index is 881. The summed E-state index contributed by atoms with van der Waals surface area (Å²) in [6.07, 6.45) is 0.448. The van der Waals surface area contributed by atoms with Crippen molar-refractivity contribution in [2.45, 2.75) is 45.5 Å². The van der Waals surface area contributed by atoms with Crippen molar-refractivity contribution >= 4 is 11.9 Å². The van der Waals surface area contributed by atoms with Gasteiger partial charge in [-0.3, -0.25) is 19.2 Å². The molecule has 162 valence electrons. The lowest BCUT2D eigenvalue weighted by Gasteiger charge is -2.21. The molecule has 1 fully saturated rings. The molecule has 1 aromatic heterocycles. The number of aromatic nitrogens is 2. The number of benzene rings is 1. The fourth-order valence-electron chi connectivity index (χ4n) is 3.92. The number of hydrogen-bond donors (Lipinski definition) is 1. The summed E-state index contributed by atoms with van der Waals surface area (Å²) in [7, 11) is 2.97. The molecular formula is C22H30N4O4. The average Bonchev–Trinajstić information content (AvgIpc) is 3.27. The second kappa shape index (κ2) is 9.86. The van der Waals surface area contributed by atoms with Crippen molar-refractivity contribution in [1.82, 2.24) is 20.0 Å². The predicted octanol–water partition coefficient (Wildman–Crippen LogP) is 1.43. The summed E-state index contributed by atoms with van der Waals surface area (Å²) in [4.78, 5) is 26.4. The largest absolute Gasteiger partial charge is 0.468 e. The molecule has 0 spiro atoms. The SMILES string of the molecule is COC(=O)[C@@H]1C[C@H](OC)CN1CC(=O)NCc1c(C)nn(Cc2ccccc2)c1C. The molecular weight excluding hydrogens is 384 g/mol. The Morgan fingerprint density at radius 3 is 2.60 bits per heavy atom. The first-order valence-corrected chi connectivity index (χ1v) is 10.1. The van der Waals surface area contributed by atoms with E-state index in [1.165, 1.54) is 12.7 Å². The summed E-state index contributed by atoms with van der Waals surface area (Å²) in [6.45, 7) is 5.70. The Morgan fingerprint density at radius 2 is 1.93 bits per heavy atom. The van der Waals surface area contributed by atoms with Gasteiger partial charge in [-0.05, 0) is 19.4 Å². The lowest BCUT2D eigenvalue weighted by atomic mass is 10.2. The number of carbonyl (C=O) groups is 2. The Kier molecular flexibility index (Phi) is 7.23. The minimum atomic E-state index is -0.456. The van der Waals surface area contributed by atoms with Crippen molar-refractivity contribution in [3.05, 3.63) is 52.8 Å². The summed E-state index contributed by atoms with van der Waals surface area (Å²) in [5.41, 5.74) is 4.12. The van der Waals surface area contributed by atoms with E-state index in [2.05, 4.69) is 22.5 Å². The fraction of sp³-hybridized carbons (Fsp3) is 0.500. The van der Waals surface area contributed by atoms with Gasteiger partial charge < -0.3 is 14.8 Å². The summed E-state index contributed by atoms with van der Waals surface area (Å²) in [5.74, 6) is -0.480. The number of nitrogens with zero attached hydrogens (tertiary/aromatic N) is 3. The molecule has 1 saturated heterocycles. The maximum atomic E-state index is 12.6. The topological polar surface area (TPSA) is 85.7 Å². The Morgan fingerprint density at radius 1 is 1.20 bits per heavy atom. The highest BCUT2D eigenvalue weighted by molar-refractivity contribution is 5.81. The number of methoxy groups -OCH3 is 2. The van der Waals surface area contributed by atoms with Gasteiger partial charge in [-0.1, -0.05) is 30.3 Å². The lowest BCUT2D eigenvalue weighted by molar-refractivity contribution is -0.146. The van der Waals surface area contributed by atoms with Crippen molar-refractivity contribution in [3.8, 4) is 0 Å². The first-order chi connectivity index (χ1) is 14.4. The van der Waals surface area contributed by atoms with E-state index >= 15 is 0 Å². The minimum absolute atomic E-state index is 0.0809. The van der Waals surface area contributed by atoms with Gasteiger partial charge >= 0.3 is 5.97 Å². The molecule has 8 heteroatoms. The number of aryl methyl sites for hydroxylation is 1. The molecule has 0 aliphatic carbocycles. The standard InChI is InChI=1S/C22H30N4O4/c1-15-19(16(2)26(24-15)12-17-8-6-5-7-9-17)11-23-21(27)14-25-13-18(29-3)10-20(25)22(28)30-4/h5-9,18,20H,10-14H2,1-4H3,(H,23,27)/t18-,20-/m0/s1. The van der Waals surface area contributed by atoms with Crippen LogP contribution in [0.3, 0.4) is 0 Å². The van der Waals surface area contributed by atoms with Gasteiger partial charge in [0.05, 0.1) is 32.0 Å². The maximum Gasteiger partial charge on any atom is 0.323 e. The molecule has 0 bridgehead atoms. The van der Waals surface area contributed by atoms with Crippen LogP contribution in [0.5, 0.6) is 0 Å². The van der Waals surface area contributed by atoms with E-state index in [4.69, 9.17) is 9.47 Å². The minimum Gasteiger partial charge on any atom is -0.468 e. The fourth-order valence-corrected chi connectivity index (χ4v) is 3.92. The second-order valence-corrected chi connectivity index (χ2v) is 7.63. The van der Waals surface area contributed by atoms with Gasteiger partial charge in [0.1, 0.15) is 6.04 Å². The summed E-state index contributed by atoms with van der Waals surface area (Å²) < 4.78 is 12.2. The first kappa shape index (κ1) is 22.0. The number of esters is 1. The van der Waals surface area contributed by atoms with Gasteiger partial charge in [0.15, 0.2) is 0 Å². The maximum absolute atomic E-state index is 12.6. The van der Waals surface area contributed by atoms with Crippen LogP contribution in [0, 0.1) is 13.8 Å². The van der Waals surface area contributed by atoms with E-state index in [0.717, 1.165) is 17.0 Å². The van der Waals surface area contributed by atoms with Gasteiger partial charge in [-0.15, -0.1) is 0 Å². The third-order valence-corrected chi connectivity index (χ3v) is 5.69. The van der Waals surface area contributed by atoms with Crippen molar-refractivity contribution in [2.75, 3.05) is 27.3 Å². The zero-order chi connectivity index (χ0) is 21.7. The molecule has 1 aromatic carbocycles. The van der Waals surface area contributed by atoms with Crippen LogP contribution in [0.4, 0.5) is 0 Å². The normalized spacial score (nSPS) is 19.1. The highest BCUT2D eigenvalue weighted by atomic mass is 16.5.